The first kappa shape index (κ1) is 9.92. The van der Waals surface area contributed by atoms with E-state index in [4.69, 9.17) is 10.5 Å². The molecule has 0 saturated carbocycles. The summed E-state index contributed by atoms with van der Waals surface area (Å²) in [5.41, 5.74) is 5.76. The third kappa shape index (κ3) is 7.92. The number of hydrogen-bond donors (Lipinski definition) is 1. The minimum Gasteiger partial charge on any atom is -0.364 e. The second kappa shape index (κ2) is 3.94. The number of hydrogen-bond acceptors (Lipinski definition) is 2. The summed E-state index contributed by atoms with van der Waals surface area (Å²) in [5.74, 6) is 0. The molecule has 1 unspecified atom stereocenters. The van der Waals surface area contributed by atoms with Crippen LogP contribution in [0.25, 0.3) is 0 Å². The van der Waals surface area contributed by atoms with Gasteiger partial charge in [-0.05, 0) is 18.8 Å². The van der Waals surface area contributed by atoms with Crippen LogP contribution in [0.5, 0.6) is 0 Å². The zero-order chi connectivity index (χ0) is 8.20. The number of ether oxygens (including phenoxy) is 1. The van der Waals surface area contributed by atoms with E-state index in [1.165, 1.54) is 0 Å². The SMILES string of the molecule is CC(N)OCCC(C)(C)C. The van der Waals surface area contributed by atoms with Gasteiger partial charge in [0.1, 0.15) is 6.23 Å². The molecule has 2 heteroatoms. The van der Waals surface area contributed by atoms with Crippen molar-refractivity contribution in [1.29, 1.82) is 0 Å². The van der Waals surface area contributed by atoms with Crippen molar-refractivity contribution in [2.45, 2.75) is 40.3 Å². The maximum absolute atomic E-state index is 5.40. The minimum absolute atomic E-state index is 0.123. The topological polar surface area (TPSA) is 35.2 Å². The molecule has 0 bridgehead atoms. The summed E-state index contributed by atoms with van der Waals surface area (Å²) in [7, 11) is 0. The lowest BCUT2D eigenvalue weighted by molar-refractivity contribution is 0.0532. The predicted octanol–water partition coefficient (Wildman–Crippen LogP) is 1.74. The molecule has 0 aromatic carbocycles. The van der Waals surface area contributed by atoms with Crippen LogP contribution in [0.3, 0.4) is 0 Å². The zero-order valence-electron chi connectivity index (χ0n) is 7.48. The molecule has 0 saturated heterocycles. The van der Waals surface area contributed by atoms with Gasteiger partial charge < -0.3 is 10.5 Å². The van der Waals surface area contributed by atoms with E-state index in [2.05, 4.69) is 20.8 Å². The summed E-state index contributed by atoms with van der Waals surface area (Å²) in [6.45, 7) is 9.19. The van der Waals surface area contributed by atoms with Gasteiger partial charge in [0.25, 0.3) is 0 Å². The molecule has 0 rings (SSSR count). The van der Waals surface area contributed by atoms with E-state index >= 15 is 0 Å². The number of rotatable bonds is 3. The first-order valence-corrected chi connectivity index (χ1v) is 3.79. The minimum atomic E-state index is -0.123. The molecular formula is C8H19NO. The van der Waals surface area contributed by atoms with Gasteiger partial charge in [-0.15, -0.1) is 0 Å². The Balaban J connectivity index is 3.21. The van der Waals surface area contributed by atoms with Gasteiger partial charge in [0.2, 0.25) is 0 Å². The van der Waals surface area contributed by atoms with Crippen molar-refractivity contribution in [2.24, 2.45) is 11.1 Å². The molecule has 0 aliphatic carbocycles. The Hall–Kier alpha value is -0.0800. The molecule has 2 N–H and O–H groups in total. The molecule has 10 heavy (non-hydrogen) atoms. The highest BCUT2D eigenvalue weighted by molar-refractivity contribution is 4.59. The molecule has 0 spiro atoms. The molecule has 0 amide bonds. The van der Waals surface area contributed by atoms with Crippen LogP contribution in [0, 0.1) is 5.41 Å². The van der Waals surface area contributed by atoms with Gasteiger partial charge in [-0.2, -0.15) is 0 Å². The lowest BCUT2D eigenvalue weighted by Gasteiger charge is -2.18. The molecule has 0 aromatic rings. The van der Waals surface area contributed by atoms with Crippen LogP contribution in [0.4, 0.5) is 0 Å². The largest absolute Gasteiger partial charge is 0.364 e. The molecule has 62 valence electrons. The van der Waals surface area contributed by atoms with E-state index in [1.807, 2.05) is 6.92 Å². The predicted molar refractivity (Wildman–Crippen MR) is 43.7 cm³/mol. The molecule has 0 aromatic heterocycles. The lowest BCUT2D eigenvalue weighted by Crippen LogP contribution is -2.21. The maximum Gasteiger partial charge on any atom is 0.102 e. The first-order valence-electron chi connectivity index (χ1n) is 3.79. The lowest BCUT2D eigenvalue weighted by atomic mass is 9.93. The number of nitrogens with two attached hydrogens (primary N) is 1. The molecule has 0 aliphatic rings. The summed E-state index contributed by atoms with van der Waals surface area (Å²) in [6, 6.07) is 0. The van der Waals surface area contributed by atoms with Gasteiger partial charge in [0, 0.05) is 6.61 Å². The van der Waals surface area contributed by atoms with E-state index in [1.54, 1.807) is 0 Å². The second-order valence-electron chi connectivity index (χ2n) is 3.89. The van der Waals surface area contributed by atoms with Crippen molar-refractivity contribution in [2.75, 3.05) is 6.61 Å². The Bertz CT molecular complexity index is 83.7. The van der Waals surface area contributed by atoms with Gasteiger partial charge in [-0.3, -0.25) is 0 Å². The molecule has 0 heterocycles. The Labute approximate surface area is 63.7 Å². The van der Waals surface area contributed by atoms with E-state index in [-0.39, 0.29) is 6.23 Å². The van der Waals surface area contributed by atoms with Gasteiger partial charge >= 0.3 is 0 Å². The molecule has 2 nitrogen and oxygen atoms in total. The van der Waals surface area contributed by atoms with Crippen LogP contribution in [0.15, 0.2) is 0 Å². The summed E-state index contributed by atoms with van der Waals surface area (Å²) >= 11 is 0. The highest BCUT2D eigenvalue weighted by atomic mass is 16.5. The summed E-state index contributed by atoms with van der Waals surface area (Å²) in [6.07, 6.45) is 0.941. The van der Waals surface area contributed by atoms with E-state index < -0.39 is 0 Å². The van der Waals surface area contributed by atoms with Gasteiger partial charge in [0.15, 0.2) is 0 Å². The average molecular weight is 145 g/mol. The fourth-order valence-electron chi connectivity index (χ4n) is 0.551. The highest BCUT2D eigenvalue weighted by Crippen LogP contribution is 2.17. The Morgan fingerprint density at radius 1 is 1.40 bits per heavy atom. The quantitative estimate of drug-likeness (QED) is 0.614. The summed E-state index contributed by atoms with van der Waals surface area (Å²) in [5, 5.41) is 0. The van der Waals surface area contributed by atoms with E-state index in [9.17, 15) is 0 Å². The van der Waals surface area contributed by atoms with Crippen molar-refractivity contribution >= 4 is 0 Å². The van der Waals surface area contributed by atoms with E-state index in [0.717, 1.165) is 13.0 Å². The van der Waals surface area contributed by atoms with Gasteiger partial charge in [0.05, 0.1) is 0 Å². The smallest absolute Gasteiger partial charge is 0.102 e. The van der Waals surface area contributed by atoms with Crippen LogP contribution < -0.4 is 5.73 Å². The normalized spacial score (nSPS) is 15.3. The molecule has 1 atom stereocenters. The van der Waals surface area contributed by atoms with Crippen LogP contribution in [-0.2, 0) is 4.74 Å². The first-order chi connectivity index (χ1) is 4.42. The molecule has 0 fully saturated rings. The van der Waals surface area contributed by atoms with Gasteiger partial charge in [-0.25, -0.2) is 0 Å². The van der Waals surface area contributed by atoms with E-state index in [0.29, 0.717) is 5.41 Å². The van der Waals surface area contributed by atoms with Crippen LogP contribution in [-0.4, -0.2) is 12.8 Å². The fraction of sp³-hybridized carbons (Fsp3) is 1.00. The van der Waals surface area contributed by atoms with Crippen molar-refractivity contribution < 1.29 is 4.74 Å². The van der Waals surface area contributed by atoms with Crippen LogP contribution >= 0.6 is 0 Å². The van der Waals surface area contributed by atoms with Gasteiger partial charge in [-0.1, -0.05) is 20.8 Å². The summed E-state index contributed by atoms with van der Waals surface area (Å²) < 4.78 is 5.20. The molecule has 0 radical (unpaired) electrons. The Morgan fingerprint density at radius 2 is 1.90 bits per heavy atom. The summed E-state index contributed by atoms with van der Waals surface area (Å²) in [4.78, 5) is 0. The van der Waals surface area contributed by atoms with Crippen molar-refractivity contribution in [3.63, 3.8) is 0 Å². The third-order valence-corrected chi connectivity index (χ3v) is 1.23. The van der Waals surface area contributed by atoms with Crippen LogP contribution in [0.2, 0.25) is 0 Å². The second-order valence-corrected chi connectivity index (χ2v) is 3.89. The molecule has 0 aliphatic heterocycles. The highest BCUT2D eigenvalue weighted by Gasteiger charge is 2.09. The van der Waals surface area contributed by atoms with Crippen molar-refractivity contribution in [1.82, 2.24) is 0 Å². The van der Waals surface area contributed by atoms with Crippen molar-refractivity contribution in [3.8, 4) is 0 Å². The average Bonchev–Trinajstić information content (AvgIpc) is 1.59. The van der Waals surface area contributed by atoms with Crippen molar-refractivity contribution in [3.05, 3.63) is 0 Å². The zero-order valence-corrected chi connectivity index (χ0v) is 7.48. The Kier molecular flexibility index (Phi) is 3.91. The molecular weight excluding hydrogens is 126 g/mol. The maximum atomic E-state index is 5.40. The van der Waals surface area contributed by atoms with Crippen LogP contribution in [0.1, 0.15) is 34.1 Å². The Morgan fingerprint density at radius 3 is 2.20 bits per heavy atom. The third-order valence-electron chi connectivity index (χ3n) is 1.23. The standard InChI is InChI=1S/C8H19NO/c1-7(9)10-6-5-8(2,3)4/h7H,5-6,9H2,1-4H3. The monoisotopic (exact) mass is 145 g/mol. The fourth-order valence-corrected chi connectivity index (χ4v) is 0.551.